The van der Waals surface area contributed by atoms with Gasteiger partial charge in [0.1, 0.15) is 5.78 Å². The SMILES string of the molecule is O=C1CCC12CCC(c1ccc(Cl)cc1)CC2. The highest BCUT2D eigenvalue weighted by Crippen LogP contribution is 2.52. The van der Waals surface area contributed by atoms with Gasteiger partial charge in [-0.15, -0.1) is 0 Å². The fourth-order valence-corrected chi connectivity index (χ4v) is 3.47. The van der Waals surface area contributed by atoms with Gasteiger partial charge in [0, 0.05) is 16.9 Å². The van der Waals surface area contributed by atoms with Crippen LogP contribution in [0.2, 0.25) is 5.02 Å². The van der Waals surface area contributed by atoms with Gasteiger partial charge in [0.2, 0.25) is 0 Å². The lowest BCUT2D eigenvalue weighted by atomic mass is 9.57. The molecule has 3 rings (SSSR count). The smallest absolute Gasteiger partial charge is 0.139 e. The van der Waals surface area contributed by atoms with Crippen LogP contribution in [0.1, 0.15) is 50.0 Å². The van der Waals surface area contributed by atoms with E-state index in [9.17, 15) is 4.79 Å². The lowest BCUT2D eigenvalue weighted by Gasteiger charge is -2.45. The molecule has 1 aromatic rings. The lowest BCUT2D eigenvalue weighted by molar-refractivity contribution is -0.141. The van der Waals surface area contributed by atoms with E-state index >= 15 is 0 Å². The highest BCUT2D eigenvalue weighted by Gasteiger charge is 2.47. The molecule has 2 saturated carbocycles. The Bertz CT molecular complexity index is 427. The number of Topliss-reactive ketones (excluding diaryl/α,β-unsaturated/α-hetero) is 1. The summed E-state index contributed by atoms with van der Waals surface area (Å²) in [6.45, 7) is 0. The van der Waals surface area contributed by atoms with Gasteiger partial charge >= 0.3 is 0 Å². The Labute approximate surface area is 107 Å². The van der Waals surface area contributed by atoms with E-state index in [-0.39, 0.29) is 5.41 Å². The van der Waals surface area contributed by atoms with Crippen LogP contribution in [0.15, 0.2) is 24.3 Å². The normalized spacial score (nSPS) is 32.5. The molecule has 90 valence electrons. The van der Waals surface area contributed by atoms with Crippen LogP contribution in [0.25, 0.3) is 0 Å². The van der Waals surface area contributed by atoms with Crippen molar-refractivity contribution in [2.24, 2.45) is 5.41 Å². The summed E-state index contributed by atoms with van der Waals surface area (Å²) in [5.41, 5.74) is 1.49. The third kappa shape index (κ3) is 1.91. The van der Waals surface area contributed by atoms with Crippen molar-refractivity contribution in [1.82, 2.24) is 0 Å². The molecule has 0 amide bonds. The first-order chi connectivity index (χ1) is 8.20. The van der Waals surface area contributed by atoms with Gasteiger partial charge in [-0.3, -0.25) is 4.79 Å². The molecule has 2 fully saturated rings. The summed E-state index contributed by atoms with van der Waals surface area (Å²) in [5.74, 6) is 1.15. The summed E-state index contributed by atoms with van der Waals surface area (Å²) >= 11 is 5.90. The van der Waals surface area contributed by atoms with Crippen molar-refractivity contribution in [3.8, 4) is 0 Å². The van der Waals surface area contributed by atoms with Gasteiger partial charge in [-0.2, -0.15) is 0 Å². The van der Waals surface area contributed by atoms with Crippen LogP contribution in [0.4, 0.5) is 0 Å². The minimum Gasteiger partial charge on any atom is -0.299 e. The summed E-state index contributed by atoms with van der Waals surface area (Å²) in [6, 6.07) is 8.20. The Balaban J connectivity index is 1.69. The van der Waals surface area contributed by atoms with E-state index < -0.39 is 0 Å². The van der Waals surface area contributed by atoms with Crippen LogP contribution in [0.3, 0.4) is 0 Å². The maximum atomic E-state index is 11.7. The molecular formula is C15H17ClO. The third-order valence-corrected chi connectivity index (χ3v) is 4.96. The second-order valence-electron chi connectivity index (χ2n) is 5.53. The van der Waals surface area contributed by atoms with Gasteiger partial charge in [-0.1, -0.05) is 23.7 Å². The number of hydrogen-bond acceptors (Lipinski definition) is 1. The van der Waals surface area contributed by atoms with Crippen molar-refractivity contribution >= 4 is 17.4 Å². The van der Waals surface area contributed by atoms with Crippen molar-refractivity contribution in [2.75, 3.05) is 0 Å². The first-order valence-corrected chi connectivity index (χ1v) is 6.86. The molecule has 2 aliphatic rings. The number of hydrogen-bond donors (Lipinski definition) is 0. The number of ketones is 1. The zero-order valence-corrected chi connectivity index (χ0v) is 10.7. The molecule has 0 saturated heterocycles. The van der Waals surface area contributed by atoms with E-state index in [2.05, 4.69) is 12.1 Å². The molecule has 0 aliphatic heterocycles. The number of benzene rings is 1. The molecule has 1 nitrogen and oxygen atoms in total. The highest BCUT2D eigenvalue weighted by atomic mass is 35.5. The predicted octanol–water partition coefficient (Wildman–Crippen LogP) is 4.35. The maximum absolute atomic E-state index is 11.7. The molecule has 0 bridgehead atoms. The molecule has 1 aromatic carbocycles. The van der Waals surface area contributed by atoms with Gasteiger partial charge in [0.15, 0.2) is 0 Å². The van der Waals surface area contributed by atoms with Crippen LogP contribution in [0, 0.1) is 5.41 Å². The highest BCUT2D eigenvalue weighted by molar-refractivity contribution is 6.30. The summed E-state index contributed by atoms with van der Waals surface area (Å²) in [5, 5.41) is 0.801. The van der Waals surface area contributed by atoms with Crippen LogP contribution in [-0.4, -0.2) is 5.78 Å². The summed E-state index contributed by atoms with van der Waals surface area (Å²) < 4.78 is 0. The topological polar surface area (TPSA) is 17.1 Å². The molecular weight excluding hydrogens is 232 g/mol. The van der Waals surface area contributed by atoms with Crippen LogP contribution < -0.4 is 0 Å². The quantitative estimate of drug-likeness (QED) is 0.722. The van der Waals surface area contributed by atoms with Gasteiger partial charge < -0.3 is 0 Å². The average Bonchev–Trinajstić information content (AvgIpc) is 2.38. The Morgan fingerprint density at radius 3 is 2.18 bits per heavy atom. The number of halogens is 1. The zero-order chi connectivity index (χ0) is 11.9. The van der Waals surface area contributed by atoms with Crippen molar-refractivity contribution in [3.63, 3.8) is 0 Å². The molecule has 2 aliphatic carbocycles. The standard InChI is InChI=1S/C15H17ClO/c16-13-3-1-11(2-4-13)12-5-8-15(9-6-12)10-7-14(15)17/h1-4,12H,5-10H2. The van der Waals surface area contributed by atoms with E-state index in [0.29, 0.717) is 11.7 Å². The van der Waals surface area contributed by atoms with E-state index in [4.69, 9.17) is 11.6 Å². The van der Waals surface area contributed by atoms with E-state index in [0.717, 1.165) is 43.5 Å². The lowest BCUT2D eigenvalue weighted by Crippen LogP contribution is -2.43. The van der Waals surface area contributed by atoms with Crippen molar-refractivity contribution in [2.45, 2.75) is 44.4 Å². The fourth-order valence-electron chi connectivity index (χ4n) is 3.35. The fraction of sp³-hybridized carbons (Fsp3) is 0.533. The van der Waals surface area contributed by atoms with Crippen LogP contribution >= 0.6 is 11.6 Å². The molecule has 1 spiro atoms. The Hall–Kier alpha value is -0.820. The Kier molecular flexibility index (Phi) is 2.74. The second kappa shape index (κ2) is 4.13. The van der Waals surface area contributed by atoms with Gasteiger partial charge in [0.05, 0.1) is 0 Å². The summed E-state index contributed by atoms with van der Waals surface area (Å²) in [4.78, 5) is 11.7. The molecule has 0 radical (unpaired) electrons. The molecule has 17 heavy (non-hydrogen) atoms. The molecule has 2 heteroatoms. The van der Waals surface area contributed by atoms with Gasteiger partial charge in [-0.05, 0) is 55.7 Å². The summed E-state index contributed by atoms with van der Waals surface area (Å²) in [6.07, 6.45) is 6.48. The minimum absolute atomic E-state index is 0.100. The largest absolute Gasteiger partial charge is 0.299 e. The Morgan fingerprint density at radius 1 is 1.06 bits per heavy atom. The van der Waals surface area contributed by atoms with E-state index in [1.54, 1.807) is 0 Å². The van der Waals surface area contributed by atoms with E-state index in [1.807, 2.05) is 12.1 Å². The van der Waals surface area contributed by atoms with Gasteiger partial charge in [-0.25, -0.2) is 0 Å². The van der Waals surface area contributed by atoms with Gasteiger partial charge in [0.25, 0.3) is 0 Å². The first-order valence-electron chi connectivity index (χ1n) is 6.48. The number of rotatable bonds is 1. The van der Waals surface area contributed by atoms with Crippen LogP contribution in [-0.2, 0) is 4.79 Å². The van der Waals surface area contributed by atoms with E-state index in [1.165, 1.54) is 5.56 Å². The minimum atomic E-state index is 0.100. The average molecular weight is 249 g/mol. The molecule has 0 unspecified atom stereocenters. The molecule has 0 atom stereocenters. The third-order valence-electron chi connectivity index (χ3n) is 4.71. The molecule has 0 N–H and O–H groups in total. The molecule has 0 heterocycles. The van der Waals surface area contributed by atoms with Crippen molar-refractivity contribution < 1.29 is 4.79 Å². The monoisotopic (exact) mass is 248 g/mol. The number of carbonyl (C=O) groups excluding carboxylic acids is 1. The van der Waals surface area contributed by atoms with Crippen molar-refractivity contribution in [1.29, 1.82) is 0 Å². The number of carbonyl (C=O) groups is 1. The zero-order valence-electron chi connectivity index (χ0n) is 9.92. The summed E-state index contributed by atoms with van der Waals surface area (Å²) in [7, 11) is 0. The Morgan fingerprint density at radius 2 is 1.71 bits per heavy atom. The van der Waals surface area contributed by atoms with Crippen LogP contribution in [0.5, 0.6) is 0 Å². The molecule has 0 aromatic heterocycles. The first kappa shape index (κ1) is 11.3. The maximum Gasteiger partial charge on any atom is 0.139 e. The van der Waals surface area contributed by atoms with Crippen molar-refractivity contribution in [3.05, 3.63) is 34.9 Å². The predicted molar refractivity (Wildman–Crippen MR) is 69.3 cm³/mol. The second-order valence-corrected chi connectivity index (χ2v) is 5.97.